The van der Waals surface area contributed by atoms with E-state index < -0.39 is 16.4 Å². The summed E-state index contributed by atoms with van der Waals surface area (Å²) in [6.07, 6.45) is 1.08. The Balaban J connectivity index is 2.04. The van der Waals surface area contributed by atoms with Crippen LogP contribution in [0.25, 0.3) is 0 Å². The summed E-state index contributed by atoms with van der Waals surface area (Å²) in [5, 5.41) is 13.8. The predicted octanol–water partition coefficient (Wildman–Crippen LogP) is 1.78. The van der Waals surface area contributed by atoms with Crippen molar-refractivity contribution in [1.29, 1.82) is 0 Å². The van der Waals surface area contributed by atoms with Crippen molar-refractivity contribution in [3.63, 3.8) is 0 Å². The summed E-state index contributed by atoms with van der Waals surface area (Å²) in [5.41, 5.74) is -0.0391. The average Bonchev–Trinajstić information content (AvgIpc) is 2.79. The number of likely N-dealkylation sites (tertiary alicyclic amines) is 1. The van der Waals surface area contributed by atoms with Gasteiger partial charge in [-0.15, -0.1) is 0 Å². The number of hydrogen-bond acceptors (Lipinski definition) is 4. The Hall–Kier alpha value is -1.53. The molecule has 19 heavy (non-hydrogen) atoms. The highest BCUT2D eigenvalue weighted by Gasteiger charge is 2.24. The van der Waals surface area contributed by atoms with E-state index in [1.165, 1.54) is 12.1 Å². The second kappa shape index (κ2) is 6.08. The van der Waals surface area contributed by atoms with Gasteiger partial charge in [0.1, 0.15) is 0 Å². The lowest BCUT2D eigenvalue weighted by Crippen LogP contribution is -2.24. The monoisotopic (exact) mass is 267 g/mol. The number of nitro benzene ring substituents is 1. The first-order valence-corrected chi connectivity index (χ1v) is 6.40. The molecule has 2 rings (SSSR count). The molecule has 0 spiro atoms. The Labute approximate surface area is 111 Å². The zero-order valence-corrected chi connectivity index (χ0v) is 10.9. The lowest BCUT2D eigenvalue weighted by atomic mass is 10.1. The number of benzene rings is 1. The number of nitrogens with one attached hydrogen (secondary N) is 1. The fraction of sp³-hybridized carbons (Fsp3) is 0.538. The molecule has 1 atom stereocenters. The van der Waals surface area contributed by atoms with Crippen LogP contribution in [0.3, 0.4) is 0 Å². The van der Waals surface area contributed by atoms with E-state index in [9.17, 15) is 14.5 Å². The molecule has 0 amide bonds. The van der Waals surface area contributed by atoms with Crippen LogP contribution >= 0.6 is 0 Å². The van der Waals surface area contributed by atoms with Crippen LogP contribution in [-0.4, -0.2) is 36.5 Å². The number of nitro groups is 1. The van der Waals surface area contributed by atoms with Gasteiger partial charge < -0.3 is 5.32 Å². The number of nitrogens with zero attached hydrogens (tertiary/aromatic N) is 2. The molecule has 1 aliphatic heterocycles. The Morgan fingerprint density at radius 2 is 2.37 bits per heavy atom. The van der Waals surface area contributed by atoms with E-state index in [2.05, 4.69) is 10.2 Å². The first-order chi connectivity index (χ1) is 9.11. The minimum absolute atomic E-state index is 0.402. The molecule has 0 bridgehead atoms. The summed E-state index contributed by atoms with van der Waals surface area (Å²) in [6.45, 7) is 3.21. The maximum absolute atomic E-state index is 13.9. The number of halogens is 1. The van der Waals surface area contributed by atoms with Gasteiger partial charge in [0.15, 0.2) is 0 Å². The molecule has 1 aliphatic rings. The van der Waals surface area contributed by atoms with Crippen molar-refractivity contribution in [3.05, 3.63) is 39.7 Å². The molecule has 0 radical (unpaired) electrons. The van der Waals surface area contributed by atoms with Crippen molar-refractivity contribution in [2.24, 2.45) is 5.92 Å². The molecule has 1 aromatic carbocycles. The van der Waals surface area contributed by atoms with E-state index in [1.54, 1.807) is 6.07 Å². The van der Waals surface area contributed by atoms with Crippen molar-refractivity contribution >= 4 is 5.69 Å². The van der Waals surface area contributed by atoms with Crippen LogP contribution in [0, 0.1) is 21.8 Å². The molecule has 6 heteroatoms. The summed E-state index contributed by atoms with van der Waals surface area (Å²) < 4.78 is 13.9. The first kappa shape index (κ1) is 13.9. The van der Waals surface area contributed by atoms with Crippen LogP contribution in [0.1, 0.15) is 12.0 Å². The lowest BCUT2D eigenvalue weighted by molar-refractivity contribution is -0.387. The molecule has 0 aliphatic carbocycles. The fourth-order valence-electron chi connectivity index (χ4n) is 2.58. The highest BCUT2D eigenvalue weighted by Crippen LogP contribution is 2.24. The number of rotatable bonds is 5. The van der Waals surface area contributed by atoms with Crippen LogP contribution in [-0.2, 0) is 6.54 Å². The minimum Gasteiger partial charge on any atom is -0.319 e. The third-order valence-corrected chi connectivity index (χ3v) is 3.51. The largest absolute Gasteiger partial charge is 0.319 e. The molecule has 1 saturated heterocycles. The maximum Gasteiger partial charge on any atom is 0.305 e. The molecule has 0 aromatic heterocycles. The highest BCUT2D eigenvalue weighted by molar-refractivity contribution is 5.36. The standard InChI is InChI=1S/C13H18FN3O2/c1-15-7-10-5-6-16(8-10)9-11-3-2-4-12(13(11)14)17(18)19/h2-4,10,15H,5-9H2,1H3. The topological polar surface area (TPSA) is 58.4 Å². The van der Waals surface area contributed by atoms with Gasteiger partial charge in [0.25, 0.3) is 0 Å². The Kier molecular flexibility index (Phi) is 4.44. The van der Waals surface area contributed by atoms with E-state index >= 15 is 0 Å². The molecule has 1 aromatic rings. The van der Waals surface area contributed by atoms with E-state index in [0.29, 0.717) is 18.0 Å². The van der Waals surface area contributed by atoms with Crippen molar-refractivity contribution in [2.45, 2.75) is 13.0 Å². The third kappa shape index (κ3) is 3.27. The summed E-state index contributed by atoms with van der Waals surface area (Å²) in [5.74, 6) is -0.128. The van der Waals surface area contributed by atoms with Crippen molar-refractivity contribution in [3.8, 4) is 0 Å². The van der Waals surface area contributed by atoms with Gasteiger partial charge in [0.2, 0.25) is 5.82 Å². The van der Waals surface area contributed by atoms with E-state index in [-0.39, 0.29) is 0 Å². The second-order valence-corrected chi connectivity index (χ2v) is 4.95. The van der Waals surface area contributed by atoms with Gasteiger partial charge in [0, 0.05) is 24.7 Å². The fourth-order valence-corrected chi connectivity index (χ4v) is 2.58. The van der Waals surface area contributed by atoms with Crippen LogP contribution in [0.4, 0.5) is 10.1 Å². The van der Waals surface area contributed by atoms with E-state index in [0.717, 1.165) is 26.1 Å². The Bertz CT molecular complexity index is 467. The first-order valence-electron chi connectivity index (χ1n) is 6.40. The van der Waals surface area contributed by atoms with Gasteiger partial charge in [-0.05, 0) is 32.5 Å². The van der Waals surface area contributed by atoms with Crippen LogP contribution in [0.15, 0.2) is 18.2 Å². The molecule has 1 N–H and O–H groups in total. The summed E-state index contributed by atoms with van der Waals surface area (Å²) in [7, 11) is 1.92. The van der Waals surface area contributed by atoms with Crippen molar-refractivity contribution < 1.29 is 9.31 Å². The average molecular weight is 267 g/mol. The number of hydrogen-bond donors (Lipinski definition) is 1. The summed E-state index contributed by atoms with van der Waals surface area (Å²) in [4.78, 5) is 12.2. The SMILES string of the molecule is CNCC1CCN(Cc2cccc([N+](=O)[O-])c2F)C1. The van der Waals surface area contributed by atoms with E-state index in [4.69, 9.17) is 0 Å². The normalized spacial score (nSPS) is 19.8. The minimum atomic E-state index is -0.704. The Morgan fingerprint density at radius 3 is 3.05 bits per heavy atom. The van der Waals surface area contributed by atoms with Gasteiger partial charge in [-0.3, -0.25) is 15.0 Å². The zero-order valence-electron chi connectivity index (χ0n) is 10.9. The third-order valence-electron chi connectivity index (χ3n) is 3.51. The van der Waals surface area contributed by atoms with Gasteiger partial charge in [0.05, 0.1) is 4.92 Å². The van der Waals surface area contributed by atoms with Gasteiger partial charge in [-0.2, -0.15) is 4.39 Å². The quantitative estimate of drug-likeness (QED) is 0.652. The second-order valence-electron chi connectivity index (χ2n) is 4.95. The van der Waals surface area contributed by atoms with Crippen molar-refractivity contribution in [2.75, 3.05) is 26.7 Å². The molecule has 5 nitrogen and oxygen atoms in total. The van der Waals surface area contributed by atoms with E-state index in [1.807, 2.05) is 7.05 Å². The predicted molar refractivity (Wildman–Crippen MR) is 70.4 cm³/mol. The molecular weight excluding hydrogens is 249 g/mol. The zero-order chi connectivity index (χ0) is 13.8. The van der Waals surface area contributed by atoms with Gasteiger partial charge in [-0.25, -0.2) is 0 Å². The van der Waals surface area contributed by atoms with Crippen LogP contribution in [0.2, 0.25) is 0 Å². The van der Waals surface area contributed by atoms with Gasteiger partial charge in [-0.1, -0.05) is 12.1 Å². The molecule has 1 heterocycles. The molecule has 1 unspecified atom stereocenters. The maximum atomic E-state index is 13.9. The summed E-state index contributed by atoms with van der Waals surface area (Å²) in [6, 6.07) is 4.36. The molecule has 0 saturated carbocycles. The lowest BCUT2D eigenvalue weighted by Gasteiger charge is -2.16. The van der Waals surface area contributed by atoms with Crippen LogP contribution in [0.5, 0.6) is 0 Å². The molecule has 1 fully saturated rings. The smallest absolute Gasteiger partial charge is 0.305 e. The van der Waals surface area contributed by atoms with Crippen LogP contribution < -0.4 is 5.32 Å². The molecular formula is C13H18FN3O2. The summed E-state index contributed by atoms with van der Waals surface area (Å²) >= 11 is 0. The van der Waals surface area contributed by atoms with Crippen molar-refractivity contribution in [1.82, 2.24) is 10.2 Å². The highest BCUT2D eigenvalue weighted by atomic mass is 19.1. The molecule has 104 valence electrons. The Morgan fingerprint density at radius 1 is 1.58 bits per heavy atom. The van der Waals surface area contributed by atoms with Gasteiger partial charge >= 0.3 is 5.69 Å².